The molecule has 1 atom stereocenters. The molecule has 0 aromatic heterocycles. The van der Waals surface area contributed by atoms with Gasteiger partial charge < -0.3 is 5.32 Å². The summed E-state index contributed by atoms with van der Waals surface area (Å²) in [4.78, 5) is 12.2. The molecule has 2 rings (SSSR count). The molecule has 0 saturated heterocycles. The van der Waals surface area contributed by atoms with Crippen molar-refractivity contribution >= 4 is 15.9 Å². The van der Waals surface area contributed by atoms with Crippen LogP contribution in [-0.4, -0.2) is 32.2 Å². The maximum absolute atomic E-state index is 12.2. The zero-order valence-corrected chi connectivity index (χ0v) is 15.5. The molecule has 24 heavy (non-hydrogen) atoms. The van der Waals surface area contributed by atoms with Gasteiger partial charge in [0.2, 0.25) is 10.0 Å². The van der Waals surface area contributed by atoms with Crippen molar-refractivity contribution in [2.45, 2.75) is 63.7 Å². The first kappa shape index (κ1) is 18.9. The topological polar surface area (TPSA) is 75.3 Å². The molecule has 6 heteroatoms. The van der Waals surface area contributed by atoms with Gasteiger partial charge in [-0.25, -0.2) is 13.1 Å². The predicted octanol–water partition coefficient (Wildman–Crippen LogP) is 2.79. The fraction of sp³-hybridized carbons (Fsp3) is 0.611. The summed E-state index contributed by atoms with van der Waals surface area (Å²) < 4.78 is 26.3. The molecule has 1 fully saturated rings. The largest absolute Gasteiger partial charge is 0.349 e. The molecular weight excluding hydrogens is 324 g/mol. The third-order valence-electron chi connectivity index (χ3n) is 4.64. The SMILES string of the molecule is CC(CNS(=O)(=O)C(C)C)c1ccc(C(=O)NC2CCCC2)cc1. The molecule has 1 aromatic carbocycles. The lowest BCUT2D eigenvalue weighted by molar-refractivity contribution is 0.0938. The second kappa shape index (κ2) is 8.12. The van der Waals surface area contributed by atoms with Gasteiger partial charge in [0.15, 0.2) is 0 Å². The van der Waals surface area contributed by atoms with Gasteiger partial charge in [-0.05, 0) is 50.3 Å². The molecule has 0 heterocycles. The van der Waals surface area contributed by atoms with Gasteiger partial charge in [0.25, 0.3) is 5.91 Å². The van der Waals surface area contributed by atoms with Crippen LogP contribution < -0.4 is 10.0 Å². The minimum Gasteiger partial charge on any atom is -0.349 e. The Bertz CT molecular complexity index is 647. The number of sulfonamides is 1. The van der Waals surface area contributed by atoms with E-state index in [2.05, 4.69) is 10.0 Å². The van der Waals surface area contributed by atoms with Gasteiger partial charge in [0.05, 0.1) is 5.25 Å². The van der Waals surface area contributed by atoms with E-state index in [1.165, 1.54) is 12.8 Å². The van der Waals surface area contributed by atoms with Crippen LogP contribution in [0.2, 0.25) is 0 Å². The van der Waals surface area contributed by atoms with Gasteiger partial charge in [0, 0.05) is 18.2 Å². The van der Waals surface area contributed by atoms with Crippen molar-refractivity contribution in [3.05, 3.63) is 35.4 Å². The Morgan fingerprint density at radius 3 is 2.25 bits per heavy atom. The molecule has 134 valence electrons. The van der Waals surface area contributed by atoms with Crippen LogP contribution in [0, 0.1) is 0 Å². The normalized spacial score (nSPS) is 17.2. The molecule has 1 aliphatic rings. The monoisotopic (exact) mass is 352 g/mol. The number of hydrogen-bond donors (Lipinski definition) is 2. The fourth-order valence-corrected chi connectivity index (χ4v) is 3.64. The Morgan fingerprint density at radius 2 is 1.71 bits per heavy atom. The van der Waals surface area contributed by atoms with Crippen molar-refractivity contribution in [1.82, 2.24) is 10.0 Å². The molecule has 1 saturated carbocycles. The summed E-state index contributed by atoms with van der Waals surface area (Å²) in [7, 11) is -3.25. The van der Waals surface area contributed by atoms with Gasteiger partial charge in [-0.3, -0.25) is 4.79 Å². The number of nitrogens with one attached hydrogen (secondary N) is 2. The second-order valence-electron chi connectivity index (χ2n) is 6.92. The number of carbonyl (C=O) groups excluding carboxylic acids is 1. The predicted molar refractivity (Wildman–Crippen MR) is 96.6 cm³/mol. The van der Waals surface area contributed by atoms with E-state index < -0.39 is 15.3 Å². The summed E-state index contributed by atoms with van der Waals surface area (Å²) in [5.41, 5.74) is 1.67. The summed E-state index contributed by atoms with van der Waals surface area (Å²) >= 11 is 0. The van der Waals surface area contributed by atoms with E-state index in [9.17, 15) is 13.2 Å². The highest BCUT2D eigenvalue weighted by Crippen LogP contribution is 2.19. The molecule has 0 spiro atoms. The number of rotatable bonds is 7. The van der Waals surface area contributed by atoms with E-state index >= 15 is 0 Å². The summed E-state index contributed by atoms with van der Waals surface area (Å²) in [5, 5.41) is 2.63. The Morgan fingerprint density at radius 1 is 1.12 bits per heavy atom. The van der Waals surface area contributed by atoms with E-state index in [-0.39, 0.29) is 11.8 Å². The van der Waals surface area contributed by atoms with Gasteiger partial charge in [-0.1, -0.05) is 31.9 Å². The van der Waals surface area contributed by atoms with E-state index in [0.29, 0.717) is 18.2 Å². The van der Waals surface area contributed by atoms with Crippen LogP contribution in [0.15, 0.2) is 24.3 Å². The van der Waals surface area contributed by atoms with Crippen LogP contribution in [0.1, 0.15) is 68.3 Å². The molecule has 0 radical (unpaired) electrons. The molecule has 1 aliphatic carbocycles. The third kappa shape index (κ3) is 5.05. The minimum absolute atomic E-state index is 0.0263. The molecule has 1 amide bonds. The summed E-state index contributed by atoms with van der Waals surface area (Å²) in [5.74, 6) is 0.0204. The quantitative estimate of drug-likeness (QED) is 0.792. The molecule has 0 aliphatic heterocycles. The Balaban J connectivity index is 1.92. The zero-order chi connectivity index (χ0) is 17.7. The molecule has 0 bridgehead atoms. The highest BCUT2D eigenvalue weighted by molar-refractivity contribution is 7.90. The highest BCUT2D eigenvalue weighted by Gasteiger charge is 2.19. The van der Waals surface area contributed by atoms with E-state index in [1.54, 1.807) is 13.8 Å². The van der Waals surface area contributed by atoms with Gasteiger partial charge in [-0.2, -0.15) is 0 Å². The lowest BCUT2D eigenvalue weighted by Gasteiger charge is -2.16. The van der Waals surface area contributed by atoms with Crippen molar-refractivity contribution in [2.24, 2.45) is 0 Å². The summed E-state index contributed by atoms with van der Waals surface area (Å²) in [6, 6.07) is 7.73. The lowest BCUT2D eigenvalue weighted by atomic mass is 10.00. The van der Waals surface area contributed by atoms with Crippen LogP contribution in [0.4, 0.5) is 0 Å². The van der Waals surface area contributed by atoms with E-state index in [4.69, 9.17) is 0 Å². The fourth-order valence-electron chi connectivity index (χ4n) is 2.83. The number of benzene rings is 1. The summed E-state index contributed by atoms with van der Waals surface area (Å²) in [6.45, 7) is 5.64. The van der Waals surface area contributed by atoms with Crippen LogP contribution in [0.5, 0.6) is 0 Å². The first-order valence-corrected chi connectivity index (χ1v) is 10.2. The third-order valence-corrected chi connectivity index (χ3v) is 6.45. The van der Waals surface area contributed by atoms with Crippen LogP contribution >= 0.6 is 0 Å². The molecular formula is C18H28N2O3S. The molecule has 2 N–H and O–H groups in total. The standard InChI is InChI=1S/C18H28N2O3S/c1-13(2)24(22,23)19-12-14(3)15-8-10-16(11-9-15)18(21)20-17-6-4-5-7-17/h8-11,13-14,17,19H,4-7,12H2,1-3H3,(H,20,21). The second-order valence-corrected chi connectivity index (χ2v) is 9.24. The lowest BCUT2D eigenvalue weighted by Crippen LogP contribution is -2.33. The maximum atomic E-state index is 12.2. The zero-order valence-electron chi connectivity index (χ0n) is 14.7. The average molecular weight is 353 g/mol. The van der Waals surface area contributed by atoms with Crippen LogP contribution in [0.25, 0.3) is 0 Å². The van der Waals surface area contributed by atoms with Crippen molar-refractivity contribution in [3.8, 4) is 0 Å². The van der Waals surface area contributed by atoms with Gasteiger partial charge in [-0.15, -0.1) is 0 Å². The highest BCUT2D eigenvalue weighted by atomic mass is 32.2. The Hall–Kier alpha value is -1.40. The van der Waals surface area contributed by atoms with E-state index in [1.807, 2.05) is 31.2 Å². The summed E-state index contributed by atoms with van der Waals surface area (Å²) in [6.07, 6.45) is 4.51. The molecule has 1 unspecified atom stereocenters. The maximum Gasteiger partial charge on any atom is 0.251 e. The van der Waals surface area contributed by atoms with Gasteiger partial charge >= 0.3 is 0 Å². The number of amides is 1. The Kier molecular flexibility index (Phi) is 6.40. The first-order valence-electron chi connectivity index (χ1n) is 8.69. The van der Waals surface area contributed by atoms with Crippen molar-refractivity contribution in [3.63, 3.8) is 0 Å². The average Bonchev–Trinajstić information content (AvgIpc) is 3.05. The number of hydrogen-bond acceptors (Lipinski definition) is 3. The van der Waals surface area contributed by atoms with Crippen LogP contribution in [-0.2, 0) is 10.0 Å². The molecule has 5 nitrogen and oxygen atoms in total. The Labute approximate surface area is 145 Å². The van der Waals surface area contributed by atoms with Crippen molar-refractivity contribution in [1.29, 1.82) is 0 Å². The van der Waals surface area contributed by atoms with Gasteiger partial charge in [0.1, 0.15) is 0 Å². The van der Waals surface area contributed by atoms with E-state index in [0.717, 1.165) is 18.4 Å². The van der Waals surface area contributed by atoms with Crippen LogP contribution in [0.3, 0.4) is 0 Å². The minimum atomic E-state index is -3.25. The smallest absolute Gasteiger partial charge is 0.251 e. The van der Waals surface area contributed by atoms with Crippen molar-refractivity contribution in [2.75, 3.05) is 6.54 Å². The molecule has 1 aromatic rings. The first-order chi connectivity index (χ1) is 11.3. The van der Waals surface area contributed by atoms with Crippen molar-refractivity contribution < 1.29 is 13.2 Å². The number of carbonyl (C=O) groups is 1.